The van der Waals surface area contributed by atoms with Crippen LogP contribution in [-0.4, -0.2) is 83.0 Å². The number of morpholine rings is 1. The topological polar surface area (TPSA) is 91.0 Å². The van der Waals surface area contributed by atoms with Gasteiger partial charge in [0.25, 0.3) is 5.91 Å². The number of amides is 2. The summed E-state index contributed by atoms with van der Waals surface area (Å²) >= 11 is 0. The van der Waals surface area contributed by atoms with Crippen molar-refractivity contribution < 1.29 is 23.5 Å². The van der Waals surface area contributed by atoms with E-state index in [0.717, 1.165) is 30.5 Å². The number of rotatable bonds is 10. The smallest absolute Gasteiger partial charge is 0.254 e. The van der Waals surface area contributed by atoms with Gasteiger partial charge in [-0.3, -0.25) is 14.5 Å². The van der Waals surface area contributed by atoms with E-state index in [9.17, 15) is 18.8 Å². The Morgan fingerprint density at radius 1 is 1.24 bits per heavy atom. The van der Waals surface area contributed by atoms with Gasteiger partial charge in [-0.05, 0) is 35.7 Å². The fourth-order valence-electron chi connectivity index (χ4n) is 5.38. The van der Waals surface area contributed by atoms with Crippen molar-refractivity contribution in [3.8, 4) is 0 Å². The first-order chi connectivity index (χ1) is 17.8. The van der Waals surface area contributed by atoms with Gasteiger partial charge in [0, 0.05) is 61.8 Å². The maximum Gasteiger partial charge on any atom is 0.254 e. The molecule has 0 radical (unpaired) electrons. The van der Waals surface area contributed by atoms with E-state index in [2.05, 4.69) is 15.5 Å². The molecule has 0 saturated carbocycles. The molecule has 2 aromatic rings. The van der Waals surface area contributed by atoms with Crippen LogP contribution in [-0.2, 0) is 32.8 Å². The zero-order valence-electron chi connectivity index (χ0n) is 21.7. The van der Waals surface area contributed by atoms with Gasteiger partial charge >= 0.3 is 0 Å². The quantitative estimate of drug-likeness (QED) is 0.354. The van der Waals surface area contributed by atoms with E-state index in [1.165, 1.54) is 7.05 Å². The Balaban J connectivity index is 1.54. The normalized spacial score (nSPS) is 17.8. The Morgan fingerprint density at radius 2 is 2.00 bits per heavy atom. The number of halogens is 1. The summed E-state index contributed by atoms with van der Waals surface area (Å²) in [6.45, 7) is 4.00. The molecular formula is C26H33B2FN4O4. The van der Waals surface area contributed by atoms with E-state index in [1.807, 2.05) is 27.8 Å². The first-order valence-corrected chi connectivity index (χ1v) is 12.7. The molecule has 2 aromatic carbocycles. The average molecular weight is 506 g/mol. The number of nitrogens with one attached hydrogen (secondary N) is 2. The monoisotopic (exact) mass is 506 g/mol. The molecule has 0 spiro atoms. The lowest BCUT2D eigenvalue weighted by Crippen LogP contribution is -2.56. The molecule has 1 saturated heterocycles. The summed E-state index contributed by atoms with van der Waals surface area (Å²) in [6, 6.07) is 9.92. The number of anilines is 1. The number of fused-ring (bicyclic) bond motifs is 1. The molecule has 8 nitrogen and oxygen atoms in total. The van der Waals surface area contributed by atoms with Gasteiger partial charge < -0.3 is 25.1 Å². The SMILES string of the molecule is BC1(B)c2c(NCc3ccc(CN4CCOCC4)cc3F)cccc2C(=O)N1C(CCC=O)C(=O)NC. The second-order valence-corrected chi connectivity index (χ2v) is 10.0. The maximum absolute atomic E-state index is 15.0. The van der Waals surface area contributed by atoms with Crippen LogP contribution in [0.25, 0.3) is 0 Å². The number of aldehydes is 1. The van der Waals surface area contributed by atoms with E-state index in [4.69, 9.17) is 4.74 Å². The van der Waals surface area contributed by atoms with E-state index in [-0.39, 0.29) is 37.0 Å². The summed E-state index contributed by atoms with van der Waals surface area (Å²) < 4.78 is 20.4. The number of nitrogens with zero attached hydrogens (tertiary/aromatic N) is 2. The van der Waals surface area contributed by atoms with Crippen LogP contribution >= 0.6 is 0 Å². The summed E-state index contributed by atoms with van der Waals surface area (Å²) in [7, 11) is 5.30. The Hall–Kier alpha value is -3.17. The number of carbonyl (C=O) groups is 3. The van der Waals surface area contributed by atoms with Crippen LogP contribution in [0.15, 0.2) is 36.4 Å². The first kappa shape index (κ1) is 26.9. The lowest BCUT2D eigenvalue weighted by atomic mass is 9.57. The van der Waals surface area contributed by atoms with Crippen LogP contribution < -0.4 is 10.6 Å². The van der Waals surface area contributed by atoms with Crippen LogP contribution in [0.5, 0.6) is 0 Å². The molecule has 1 atom stereocenters. The van der Waals surface area contributed by atoms with Crippen LogP contribution in [0.2, 0.25) is 0 Å². The van der Waals surface area contributed by atoms with Crippen molar-refractivity contribution in [2.75, 3.05) is 38.7 Å². The number of likely N-dealkylation sites (N-methyl/N-ethyl adjacent to an activating group) is 1. The van der Waals surface area contributed by atoms with E-state index < -0.39 is 11.4 Å². The molecule has 2 aliphatic heterocycles. The van der Waals surface area contributed by atoms with Crippen LogP contribution in [0.1, 0.15) is 39.9 Å². The number of ether oxygens (including phenoxy) is 1. The molecule has 37 heavy (non-hydrogen) atoms. The summed E-state index contributed by atoms with van der Waals surface area (Å²) in [5.41, 5.74) is 3.40. The molecule has 1 fully saturated rings. The standard InChI is InChI=1S/C26H33B2FN4O4/c1-30-24(35)22(6-3-11-34)33-25(36)19-4-2-5-21(23(19)26(33,27)28)31-15-18-8-7-17(14-20(18)29)16-32-9-12-37-13-10-32/h2,4-5,7-8,11,14,22,31H,3,6,9-10,12-13,15-16,27-28H2,1H3,(H,30,35). The summed E-state index contributed by atoms with van der Waals surface area (Å²) in [5.74, 6) is -0.858. The number of hydrogen-bond donors (Lipinski definition) is 2. The molecular weight excluding hydrogens is 473 g/mol. The predicted molar refractivity (Wildman–Crippen MR) is 144 cm³/mol. The first-order valence-electron chi connectivity index (χ1n) is 12.7. The van der Waals surface area contributed by atoms with Gasteiger partial charge in [0.15, 0.2) is 0 Å². The number of carbonyl (C=O) groups excluding carboxylic acids is 3. The highest BCUT2D eigenvalue weighted by Gasteiger charge is 2.48. The van der Waals surface area contributed by atoms with E-state index in [1.54, 1.807) is 29.2 Å². The molecule has 2 aliphatic rings. The Bertz CT molecular complexity index is 1170. The minimum atomic E-state index is -0.823. The molecule has 1 unspecified atom stereocenters. The molecule has 0 aromatic heterocycles. The van der Waals surface area contributed by atoms with Gasteiger partial charge in [0.2, 0.25) is 5.91 Å². The van der Waals surface area contributed by atoms with Gasteiger partial charge in [0.1, 0.15) is 33.8 Å². The van der Waals surface area contributed by atoms with Gasteiger partial charge in [0.05, 0.1) is 13.2 Å². The number of hydrogen-bond acceptors (Lipinski definition) is 6. The Kier molecular flexibility index (Phi) is 8.34. The molecule has 11 heteroatoms. The third-order valence-corrected chi connectivity index (χ3v) is 7.24. The number of benzene rings is 2. The molecule has 2 heterocycles. The molecule has 0 aliphatic carbocycles. The average Bonchev–Trinajstić information content (AvgIpc) is 3.10. The highest BCUT2D eigenvalue weighted by molar-refractivity contribution is 6.43. The van der Waals surface area contributed by atoms with Crippen molar-refractivity contribution in [1.29, 1.82) is 0 Å². The van der Waals surface area contributed by atoms with Crippen LogP contribution in [0.3, 0.4) is 0 Å². The van der Waals surface area contributed by atoms with E-state index in [0.29, 0.717) is 36.6 Å². The van der Waals surface area contributed by atoms with Crippen molar-refractivity contribution in [2.45, 2.75) is 37.3 Å². The fourth-order valence-corrected chi connectivity index (χ4v) is 5.38. The second kappa shape index (κ2) is 11.5. The Labute approximate surface area is 218 Å². The van der Waals surface area contributed by atoms with Gasteiger partial charge in [-0.2, -0.15) is 0 Å². The van der Waals surface area contributed by atoms with Crippen molar-refractivity contribution in [3.63, 3.8) is 0 Å². The predicted octanol–water partition coefficient (Wildman–Crippen LogP) is 0.196. The van der Waals surface area contributed by atoms with Gasteiger partial charge in [-0.25, -0.2) is 4.39 Å². The van der Waals surface area contributed by atoms with Crippen molar-refractivity contribution in [1.82, 2.24) is 15.1 Å². The molecule has 194 valence electrons. The fraction of sp³-hybridized carbons (Fsp3) is 0.423. The molecule has 4 rings (SSSR count). The summed E-state index contributed by atoms with van der Waals surface area (Å²) in [6.07, 6.45) is 1.15. The molecule has 2 N–H and O–H groups in total. The minimum Gasteiger partial charge on any atom is -0.381 e. The van der Waals surface area contributed by atoms with E-state index >= 15 is 0 Å². The van der Waals surface area contributed by atoms with Crippen molar-refractivity contribution >= 4 is 39.5 Å². The summed E-state index contributed by atoms with van der Waals surface area (Å²) in [5, 5.41) is 5.12. The van der Waals surface area contributed by atoms with Gasteiger partial charge in [-0.15, -0.1) is 0 Å². The highest BCUT2D eigenvalue weighted by atomic mass is 19.1. The minimum absolute atomic E-state index is 0.167. The molecule has 2 amide bonds. The third-order valence-electron chi connectivity index (χ3n) is 7.24. The van der Waals surface area contributed by atoms with Gasteiger partial charge in [-0.1, -0.05) is 18.2 Å². The maximum atomic E-state index is 15.0. The summed E-state index contributed by atoms with van der Waals surface area (Å²) in [4.78, 5) is 41.0. The Morgan fingerprint density at radius 3 is 2.68 bits per heavy atom. The highest BCUT2D eigenvalue weighted by Crippen LogP contribution is 2.41. The second-order valence-electron chi connectivity index (χ2n) is 10.0. The van der Waals surface area contributed by atoms with Crippen LogP contribution in [0.4, 0.5) is 10.1 Å². The largest absolute Gasteiger partial charge is 0.381 e. The third kappa shape index (κ3) is 5.57. The van der Waals surface area contributed by atoms with Crippen LogP contribution in [0, 0.1) is 5.82 Å². The lowest BCUT2D eigenvalue weighted by Gasteiger charge is -2.39. The molecule has 0 bridgehead atoms. The van der Waals surface area contributed by atoms with Crippen molar-refractivity contribution in [3.05, 3.63) is 64.5 Å². The lowest BCUT2D eigenvalue weighted by molar-refractivity contribution is -0.126. The zero-order chi connectivity index (χ0) is 26.6. The zero-order valence-corrected chi connectivity index (χ0v) is 21.7. The van der Waals surface area contributed by atoms with Crippen molar-refractivity contribution in [2.24, 2.45) is 0 Å².